The highest BCUT2D eigenvalue weighted by atomic mass is 32.1. The highest BCUT2D eigenvalue weighted by molar-refractivity contribution is 7.40. The molecule has 94 heavy (non-hydrogen) atoms. The van der Waals surface area contributed by atoms with Crippen molar-refractivity contribution in [1.82, 2.24) is 0 Å². The Bertz CT molecular complexity index is 4870. The van der Waals surface area contributed by atoms with Crippen molar-refractivity contribution in [2.24, 2.45) is 21.3 Å². The first-order valence-electron chi connectivity index (χ1n) is 29.1. The molecule has 3 aromatic heterocycles. The summed E-state index contributed by atoms with van der Waals surface area (Å²) in [6.45, 7) is -1.93. The van der Waals surface area contributed by atoms with Crippen molar-refractivity contribution in [2.45, 2.75) is 63.7 Å². The predicted octanol–water partition coefficient (Wildman–Crippen LogP) is 13.9. The van der Waals surface area contributed by atoms with Gasteiger partial charge in [0.05, 0.1) is 25.7 Å². The largest absolute Gasteiger partial charge is 0.459 e. The van der Waals surface area contributed by atoms with Gasteiger partial charge in [-0.2, -0.15) is 34.2 Å². The zero-order chi connectivity index (χ0) is 65.6. The van der Waals surface area contributed by atoms with Crippen molar-refractivity contribution in [3.8, 4) is 24.3 Å². The number of thiophene rings is 3. The molecule has 0 radical (unpaired) electrons. The third-order valence-electron chi connectivity index (χ3n) is 16.8. The van der Waals surface area contributed by atoms with Crippen LogP contribution in [-0.2, 0) is 79.6 Å². The number of aliphatic imine (C=N–C) groups is 2. The Hall–Kier alpha value is -11.3. The summed E-state index contributed by atoms with van der Waals surface area (Å²) in [5.74, 6) is -8.91. The monoisotopic (exact) mass is 1300 g/mol. The average Bonchev–Trinajstić information content (AvgIpc) is 1.49. The van der Waals surface area contributed by atoms with E-state index in [-0.39, 0.29) is 48.1 Å². The minimum absolute atomic E-state index is 0.0589. The molecular formula is C72H43F3N6O10S3. The summed E-state index contributed by atoms with van der Waals surface area (Å²) < 4.78 is 69.9. The second kappa shape index (κ2) is 24.7. The number of nitrogens with zero attached hydrogens (tertiary/aromatic N) is 6. The minimum Gasteiger partial charge on any atom is -0.459 e. The van der Waals surface area contributed by atoms with E-state index in [2.05, 4.69) is 0 Å². The number of esters is 4. The summed E-state index contributed by atoms with van der Waals surface area (Å²) in [5, 5.41) is 41.7. The summed E-state index contributed by atoms with van der Waals surface area (Å²) in [5.41, 5.74) is -8.03. The number of alkyl halides is 3. The fourth-order valence-corrected chi connectivity index (χ4v) is 16.8. The van der Waals surface area contributed by atoms with Crippen LogP contribution in [0.5, 0.6) is 0 Å². The number of rotatable bonds is 14. The van der Waals surface area contributed by atoms with Crippen molar-refractivity contribution in [2.75, 3.05) is 0 Å². The third kappa shape index (κ3) is 10.3. The summed E-state index contributed by atoms with van der Waals surface area (Å²) in [6.07, 6.45) is 1.72. The van der Waals surface area contributed by atoms with E-state index in [0.717, 1.165) is 52.2 Å². The first kappa shape index (κ1) is 61.6. The van der Waals surface area contributed by atoms with Crippen LogP contribution >= 0.6 is 34.0 Å². The molecule has 0 amide bonds. The molecule has 6 aliphatic carbocycles. The Morgan fingerprint density at radius 1 is 0.521 bits per heavy atom. The molecule has 1 atom stereocenters. The predicted molar refractivity (Wildman–Crippen MR) is 341 cm³/mol. The number of carbonyl (C=O) groups excluding carboxylic acids is 6. The van der Waals surface area contributed by atoms with Gasteiger partial charge in [0.2, 0.25) is 22.4 Å². The Balaban J connectivity index is 1.10. The van der Waals surface area contributed by atoms with Crippen LogP contribution in [0, 0.1) is 56.7 Å². The molecular weight excluding hydrogens is 1260 g/mol. The summed E-state index contributed by atoms with van der Waals surface area (Å²) in [7, 11) is 0. The molecule has 1 unspecified atom stereocenters. The Labute approximate surface area is 544 Å². The quantitative estimate of drug-likeness (QED) is 0.0424. The van der Waals surface area contributed by atoms with Gasteiger partial charge in [-0.15, -0.1) is 34.0 Å². The first-order chi connectivity index (χ1) is 45.6. The molecule has 13 rings (SSSR count). The Kier molecular flexibility index (Phi) is 16.2. The highest BCUT2D eigenvalue weighted by Crippen LogP contribution is 2.67. The summed E-state index contributed by atoms with van der Waals surface area (Å²) >= 11 is 3.11. The second-order valence-electron chi connectivity index (χ2n) is 22.2. The van der Waals surface area contributed by atoms with Crippen LogP contribution in [0.3, 0.4) is 0 Å². The van der Waals surface area contributed by atoms with Crippen LogP contribution in [0.1, 0.15) is 58.4 Å². The first-order valence-corrected chi connectivity index (χ1v) is 31.6. The number of benzene rings is 4. The molecule has 16 nitrogen and oxygen atoms in total. The lowest BCUT2D eigenvalue weighted by atomic mass is 9.77. The van der Waals surface area contributed by atoms with Crippen molar-refractivity contribution >= 4 is 110 Å². The number of ketones is 2. The van der Waals surface area contributed by atoms with Gasteiger partial charge in [0.25, 0.3) is 0 Å². The van der Waals surface area contributed by atoms with Crippen LogP contribution in [0.2, 0.25) is 0 Å². The molecule has 7 aromatic rings. The molecule has 0 bridgehead atoms. The van der Waals surface area contributed by atoms with Gasteiger partial charge < -0.3 is 18.9 Å². The van der Waals surface area contributed by atoms with Gasteiger partial charge in [-0.05, 0) is 76.8 Å². The zero-order valence-electron chi connectivity index (χ0n) is 48.9. The molecule has 0 N–H and O–H groups in total. The van der Waals surface area contributed by atoms with E-state index in [1.54, 1.807) is 152 Å². The van der Waals surface area contributed by atoms with Crippen LogP contribution in [0.25, 0.3) is 24.4 Å². The van der Waals surface area contributed by atoms with Gasteiger partial charge in [0, 0.05) is 43.0 Å². The highest BCUT2D eigenvalue weighted by Gasteiger charge is 2.71. The second-order valence-corrected chi connectivity index (χ2v) is 25.3. The SMILES string of the molecule is N#CC(C#N)=C1C2=CCC(C(F)(F)F)CC=C2C(=O)/C1=N\C1=CC2=C(c3sc4c(sc5cc(/N=C6/C(=O)C7=CCCC=C7C6=C(C#N)C#N)sc54)c3C2(C(=O)OCc2ccccc2)C(=O)OCc2ccccc2)C1(C(=O)OCc1ccccc1)C(=O)OCc1ccccc1. The van der Waals surface area contributed by atoms with E-state index in [1.807, 2.05) is 12.1 Å². The Morgan fingerprint density at radius 2 is 0.936 bits per heavy atom. The van der Waals surface area contributed by atoms with Gasteiger partial charge in [-0.3, -0.25) is 28.8 Å². The lowest BCUT2D eigenvalue weighted by Crippen LogP contribution is -2.46. The number of allylic oxidation sites excluding steroid dienone is 13. The fraction of sp³-hybridized carbons (Fsp3) is 0.167. The lowest BCUT2D eigenvalue weighted by molar-refractivity contribution is -0.172. The Morgan fingerprint density at radius 3 is 1.39 bits per heavy atom. The average molecular weight is 1310 g/mol. The van der Waals surface area contributed by atoms with E-state index >= 15 is 24.0 Å². The van der Waals surface area contributed by atoms with Crippen LogP contribution in [0.4, 0.5) is 18.2 Å². The van der Waals surface area contributed by atoms with Gasteiger partial charge in [-0.25, -0.2) is 9.98 Å². The molecule has 460 valence electrons. The maximum absolute atomic E-state index is 16.4. The van der Waals surface area contributed by atoms with Gasteiger partial charge >= 0.3 is 30.1 Å². The summed E-state index contributed by atoms with van der Waals surface area (Å²) in [4.78, 5) is 104. The van der Waals surface area contributed by atoms with Crippen LogP contribution in [-0.4, -0.2) is 53.0 Å². The normalized spacial score (nSPS) is 18.2. The number of hydrogen-bond acceptors (Lipinski definition) is 19. The number of nitriles is 4. The third-order valence-corrected chi connectivity index (χ3v) is 20.6. The van der Waals surface area contributed by atoms with E-state index in [1.165, 1.54) is 0 Å². The number of ether oxygens (including phenoxy) is 4. The van der Waals surface area contributed by atoms with E-state index in [9.17, 15) is 39.0 Å². The molecule has 0 aliphatic heterocycles. The molecule has 2 saturated carbocycles. The van der Waals surface area contributed by atoms with Crippen molar-refractivity contribution in [3.05, 3.63) is 246 Å². The van der Waals surface area contributed by atoms with Gasteiger partial charge in [0.15, 0.2) is 0 Å². The maximum atomic E-state index is 16.4. The van der Waals surface area contributed by atoms with Crippen molar-refractivity contribution in [3.63, 3.8) is 0 Å². The number of fused-ring (bicyclic) bond motifs is 8. The number of halogens is 3. The molecule has 22 heteroatoms. The summed E-state index contributed by atoms with van der Waals surface area (Å²) in [6, 6.07) is 42.6. The minimum atomic E-state index is -4.73. The maximum Gasteiger partial charge on any atom is 0.392 e. The van der Waals surface area contributed by atoms with Crippen molar-refractivity contribution in [1.29, 1.82) is 21.0 Å². The molecule has 6 aliphatic rings. The molecule has 3 heterocycles. The topological polar surface area (TPSA) is 259 Å². The molecule has 0 spiro atoms. The zero-order valence-corrected chi connectivity index (χ0v) is 51.3. The fourth-order valence-electron chi connectivity index (χ4n) is 12.4. The van der Waals surface area contributed by atoms with Crippen molar-refractivity contribution < 1.29 is 60.9 Å². The van der Waals surface area contributed by atoms with E-state index < -0.39 is 131 Å². The van der Waals surface area contributed by atoms with E-state index in [4.69, 9.17) is 28.9 Å². The smallest absolute Gasteiger partial charge is 0.392 e. The van der Waals surface area contributed by atoms with Crippen LogP contribution < -0.4 is 0 Å². The molecule has 0 saturated heterocycles. The van der Waals surface area contributed by atoms with Crippen LogP contribution in [0.15, 0.2) is 224 Å². The van der Waals surface area contributed by atoms with E-state index in [0.29, 0.717) is 60.3 Å². The number of hydrogen-bond donors (Lipinski definition) is 0. The van der Waals surface area contributed by atoms with Gasteiger partial charge in [-0.1, -0.05) is 146 Å². The molecule has 4 aromatic carbocycles. The number of carbonyl (C=O) groups is 6. The number of Topliss-reactive ketones (excluding diaryl/α,β-unsaturated/α-hetero) is 2. The van der Waals surface area contributed by atoms with Gasteiger partial charge in [0.1, 0.15) is 78.3 Å². The lowest BCUT2D eigenvalue weighted by Gasteiger charge is -2.29. The molecule has 2 fully saturated rings. The standard InChI is InChI=1S/C72H43F3N6O10S3/c73-72(74,75)45-25-27-47-49(28-26-45)61(83)58(55(47)44(33-78)34-79)80-52-29-50-56(71(52,68(86)90-37-41-19-9-3-10-20-41)69(87)91-38-42-21-11-4-12-22-42)63-57(70(50,66(84)88-35-39-15-5-1-6-16-39)67(85)89-36-40-17-7-2-8-18-40)64-65(94-63)62-51(92-64)30-53(93-62)81-59-54(43(31-76)32-77)46-23-13-14-24-48(46)60(59)82/h1-12,15-24,27-30,45H,13-14,25-26,35-38H2/b80-58-,81-59+.